The van der Waals surface area contributed by atoms with Gasteiger partial charge in [-0.1, -0.05) is 28.1 Å². The van der Waals surface area contributed by atoms with Gasteiger partial charge in [0.05, 0.1) is 6.04 Å². The van der Waals surface area contributed by atoms with Gasteiger partial charge in [-0.05, 0) is 37.5 Å². The summed E-state index contributed by atoms with van der Waals surface area (Å²) in [6.45, 7) is 1.86. The van der Waals surface area contributed by atoms with E-state index in [4.69, 9.17) is 0 Å². The van der Waals surface area contributed by atoms with Crippen LogP contribution in [0.3, 0.4) is 0 Å². The number of hydrogen-bond donors (Lipinski definition) is 1. The quantitative estimate of drug-likeness (QED) is 0.632. The van der Waals surface area contributed by atoms with E-state index in [1.165, 1.54) is 12.1 Å². The first-order valence-electron chi connectivity index (χ1n) is 5.74. The molecule has 0 aliphatic rings. The summed E-state index contributed by atoms with van der Waals surface area (Å²) >= 11 is 3.32. The van der Waals surface area contributed by atoms with Crippen molar-refractivity contribution < 1.29 is 9.18 Å². The van der Waals surface area contributed by atoms with Crippen LogP contribution in [0.4, 0.5) is 4.39 Å². The summed E-state index contributed by atoms with van der Waals surface area (Å²) in [6.07, 6.45) is 2.37. The van der Waals surface area contributed by atoms with Crippen LogP contribution >= 0.6 is 15.9 Å². The first-order valence-corrected chi connectivity index (χ1v) is 6.86. The van der Waals surface area contributed by atoms with Crippen LogP contribution in [0.1, 0.15) is 37.8 Å². The number of amides is 1. The number of halogens is 2. The highest BCUT2D eigenvalue weighted by molar-refractivity contribution is 9.09. The van der Waals surface area contributed by atoms with E-state index >= 15 is 0 Å². The van der Waals surface area contributed by atoms with Crippen molar-refractivity contribution in [1.29, 1.82) is 0 Å². The van der Waals surface area contributed by atoms with Crippen LogP contribution in [0.5, 0.6) is 0 Å². The third-order valence-corrected chi connectivity index (χ3v) is 3.07. The first-order chi connectivity index (χ1) is 8.13. The number of unbranched alkanes of at least 4 members (excludes halogenated alkanes) is 1. The fraction of sp³-hybridized carbons (Fsp3) is 0.462. The summed E-state index contributed by atoms with van der Waals surface area (Å²) in [5, 5.41) is 3.78. The molecule has 0 saturated heterocycles. The van der Waals surface area contributed by atoms with Crippen molar-refractivity contribution >= 4 is 21.8 Å². The van der Waals surface area contributed by atoms with Crippen LogP contribution in [0.25, 0.3) is 0 Å². The van der Waals surface area contributed by atoms with Gasteiger partial charge in [0, 0.05) is 11.8 Å². The van der Waals surface area contributed by atoms with Gasteiger partial charge >= 0.3 is 0 Å². The average Bonchev–Trinajstić information content (AvgIpc) is 2.29. The molecular formula is C13H17BrFNO. The summed E-state index contributed by atoms with van der Waals surface area (Å²) in [5.74, 6) is -0.259. The highest BCUT2D eigenvalue weighted by atomic mass is 79.9. The molecule has 1 amide bonds. The summed E-state index contributed by atoms with van der Waals surface area (Å²) in [4.78, 5) is 11.6. The van der Waals surface area contributed by atoms with Gasteiger partial charge in [0.25, 0.3) is 0 Å². The average molecular weight is 302 g/mol. The summed E-state index contributed by atoms with van der Waals surface area (Å²) in [6, 6.07) is 6.16. The molecule has 0 unspecified atom stereocenters. The standard InChI is InChI=1S/C13H17BrFNO/c1-10(11-5-4-6-12(15)9-11)16-13(17)7-2-3-8-14/h4-6,9-10H,2-3,7-8H2,1H3,(H,16,17)/t10-/m1/s1. The third kappa shape index (κ3) is 5.31. The van der Waals surface area contributed by atoms with Gasteiger partial charge < -0.3 is 5.32 Å². The topological polar surface area (TPSA) is 29.1 Å². The molecule has 1 N–H and O–H groups in total. The fourth-order valence-electron chi connectivity index (χ4n) is 1.55. The van der Waals surface area contributed by atoms with Crippen molar-refractivity contribution in [1.82, 2.24) is 5.32 Å². The van der Waals surface area contributed by atoms with Gasteiger partial charge in [-0.15, -0.1) is 0 Å². The Hall–Kier alpha value is -0.900. The van der Waals surface area contributed by atoms with E-state index in [-0.39, 0.29) is 17.8 Å². The van der Waals surface area contributed by atoms with Crippen molar-refractivity contribution in [3.63, 3.8) is 0 Å². The van der Waals surface area contributed by atoms with E-state index in [0.717, 1.165) is 23.7 Å². The lowest BCUT2D eigenvalue weighted by atomic mass is 10.1. The number of alkyl halides is 1. The van der Waals surface area contributed by atoms with Crippen molar-refractivity contribution in [3.8, 4) is 0 Å². The zero-order valence-corrected chi connectivity index (χ0v) is 11.5. The molecule has 0 radical (unpaired) electrons. The minimum Gasteiger partial charge on any atom is -0.350 e. The molecule has 0 aliphatic heterocycles. The lowest BCUT2D eigenvalue weighted by Crippen LogP contribution is -2.26. The molecule has 0 bridgehead atoms. The second-order valence-corrected chi connectivity index (χ2v) is 4.78. The molecular weight excluding hydrogens is 285 g/mol. The highest BCUT2D eigenvalue weighted by Gasteiger charge is 2.09. The van der Waals surface area contributed by atoms with E-state index in [1.54, 1.807) is 6.07 Å². The Morgan fingerprint density at radius 1 is 1.47 bits per heavy atom. The Balaban J connectivity index is 2.43. The number of rotatable bonds is 6. The molecule has 94 valence electrons. The predicted molar refractivity (Wildman–Crippen MR) is 70.6 cm³/mol. The molecule has 1 aromatic rings. The van der Waals surface area contributed by atoms with Gasteiger partial charge in [-0.2, -0.15) is 0 Å². The minimum atomic E-state index is -0.275. The zero-order valence-electron chi connectivity index (χ0n) is 9.88. The molecule has 1 aromatic carbocycles. The predicted octanol–water partition coefficient (Wildman–Crippen LogP) is 3.57. The maximum atomic E-state index is 13.0. The van der Waals surface area contributed by atoms with Gasteiger partial charge in [0.2, 0.25) is 5.91 Å². The van der Waals surface area contributed by atoms with E-state index < -0.39 is 0 Å². The zero-order chi connectivity index (χ0) is 12.7. The van der Waals surface area contributed by atoms with Crippen molar-refractivity contribution in [2.24, 2.45) is 0 Å². The summed E-state index contributed by atoms with van der Waals surface area (Å²) in [5.41, 5.74) is 0.791. The molecule has 1 rings (SSSR count). The number of benzene rings is 1. The maximum Gasteiger partial charge on any atom is 0.220 e. The Morgan fingerprint density at radius 2 is 2.24 bits per heavy atom. The smallest absolute Gasteiger partial charge is 0.220 e. The minimum absolute atomic E-state index is 0.0164. The molecule has 1 atom stereocenters. The van der Waals surface area contributed by atoms with Crippen LogP contribution in [0.2, 0.25) is 0 Å². The summed E-state index contributed by atoms with van der Waals surface area (Å²) < 4.78 is 13.0. The second-order valence-electron chi connectivity index (χ2n) is 3.99. The molecule has 0 saturated carbocycles. The Morgan fingerprint density at radius 3 is 2.88 bits per heavy atom. The molecule has 0 heterocycles. The SMILES string of the molecule is C[C@@H](NC(=O)CCCCBr)c1cccc(F)c1. The lowest BCUT2D eigenvalue weighted by molar-refractivity contribution is -0.121. The molecule has 0 aromatic heterocycles. The molecule has 0 fully saturated rings. The van der Waals surface area contributed by atoms with Crippen LogP contribution < -0.4 is 5.32 Å². The van der Waals surface area contributed by atoms with Gasteiger partial charge in [0.1, 0.15) is 5.82 Å². The van der Waals surface area contributed by atoms with E-state index in [2.05, 4.69) is 21.2 Å². The number of carbonyl (C=O) groups excluding carboxylic acids is 1. The summed E-state index contributed by atoms with van der Waals surface area (Å²) in [7, 11) is 0. The molecule has 0 aliphatic carbocycles. The molecule has 4 heteroatoms. The lowest BCUT2D eigenvalue weighted by Gasteiger charge is -2.14. The second kappa shape index (κ2) is 7.43. The monoisotopic (exact) mass is 301 g/mol. The number of nitrogens with one attached hydrogen (secondary N) is 1. The van der Waals surface area contributed by atoms with Gasteiger partial charge in [-0.3, -0.25) is 4.79 Å². The van der Waals surface area contributed by atoms with Crippen LogP contribution in [0, 0.1) is 5.82 Å². The van der Waals surface area contributed by atoms with E-state index in [0.29, 0.717) is 6.42 Å². The maximum absolute atomic E-state index is 13.0. The van der Waals surface area contributed by atoms with Gasteiger partial charge in [-0.25, -0.2) is 4.39 Å². The van der Waals surface area contributed by atoms with Crippen molar-refractivity contribution in [3.05, 3.63) is 35.6 Å². The third-order valence-electron chi connectivity index (χ3n) is 2.51. The number of carbonyl (C=O) groups is 1. The number of hydrogen-bond acceptors (Lipinski definition) is 1. The Bertz CT molecular complexity index is 370. The Labute approximate surface area is 110 Å². The van der Waals surface area contributed by atoms with E-state index in [9.17, 15) is 9.18 Å². The van der Waals surface area contributed by atoms with Crippen molar-refractivity contribution in [2.75, 3.05) is 5.33 Å². The molecule has 2 nitrogen and oxygen atoms in total. The van der Waals surface area contributed by atoms with Crippen LogP contribution in [-0.4, -0.2) is 11.2 Å². The van der Waals surface area contributed by atoms with Crippen molar-refractivity contribution in [2.45, 2.75) is 32.2 Å². The normalized spacial score (nSPS) is 12.2. The van der Waals surface area contributed by atoms with Crippen LogP contribution in [-0.2, 0) is 4.79 Å². The Kier molecular flexibility index (Phi) is 6.19. The van der Waals surface area contributed by atoms with E-state index in [1.807, 2.05) is 13.0 Å². The van der Waals surface area contributed by atoms with Crippen LogP contribution in [0.15, 0.2) is 24.3 Å². The largest absolute Gasteiger partial charge is 0.350 e. The fourth-order valence-corrected chi connectivity index (χ4v) is 1.95. The molecule has 0 spiro atoms. The molecule has 17 heavy (non-hydrogen) atoms. The first kappa shape index (κ1) is 14.2. The van der Waals surface area contributed by atoms with Gasteiger partial charge in [0.15, 0.2) is 0 Å². The highest BCUT2D eigenvalue weighted by Crippen LogP contribution is 2.13.